The van der Waals surface area contributed by atoms with E-state index in [0.717, 1.165) is 11.8 Å². The second-order valence-electron chi connectivity index (χ2n) is 9.75. The predicted octanol–water partition coefficient (Wildman–Crippen LogP) is 10.3. The van der Waals surface area contributed by atoms with Crippen LogP contribution in [-0.2, 0) is 0 Å². The summed E-state index contributed by atoms with van der Waals surface area (Å²) < 4.78 is 0. The molecule has 0 aromatic carbocycles. The molecule has 0 N–H and O–H groups in total. The first-order chi connectivity index (χ1) is 13.1. The van der Waals surface area contributed by atoms with Crippen molar-refractivity contribution in [1.82, 2.24) is 0 Å². The van der Waals surface area contributed by atoms with E-state index in [2.05, 4.69) is 34.6 Å². The van der Waals surface area contributed by atoms with Gasteiger partial charge in [-0.25, -0.2) is 0 Å². The summed E-state index contributed by atoms with van der Waals surface area (Å²) in [7, 11) is 0. The van der Waals surface area contributed by atoms with Gasteiger partial charge in [-0.3, -0.25) is 0 Å². The quantitative estimate of drug-likeness (QED) is 0.174. The lowest BCUT2D eigenvalue weighted by Gasteiger charge is -2.19. The van der Waals surface area contributed by atoms with Crippen LogP contribution in [0.25, 0.3) is 0 Å². The Hall–Kier alpha value is 0. The molecule has 0 saturated heterocycles. The minimum atomic E-state index is 0.875. The molecule has 1 atom stereocenters. The average Bonchev–Trinajstić information content (AvgIpc) is 2.64. The molecule has 0 aromatic rings. The summed E-state index contributed by atoms with van der Waals surface area (Å²) in [4.78, 5) is 0. The number of unbranched alkanes of at least 4 members (excludes halogenated alkanes) is 10. The maximum absolute atomic E-state index is 2.49. The Balaban J connectivity index is 3.98. The van der Waals surface area contributed by atoms with Crippen LogP contribution in [0.5, 0.6) is 0 Å². The SMILES string of the molecule is CCCCCCCC[C](CCCCCCCC)CCC(C)CCCC(C)C. The van der Waals surface area contributed by atoms with E-state index < -0.39 is 0 Å². The van der Waals surface area contributed by atoms with Gasteiger partial charge in [0.1, 0.15) is 0 Å². The van der Waals surface area contributed by atoms with Crippen LogP contribution >= 0.6 is 0 Å². The van der Waals surface area contributed by atoms with E-state index in [1.54, 1.807) is 0 Å². The molecule has 27 heavy (non-hydrogen) atoms. The van der Waals surface area contributed by atoms with E-state index in [0.29, 0.717) is 0 Å². The zero-order valence-electron chi connectivity index (χ0n) is 20.1. The van der Waals surface area contributed by atoms with Crippen LogP contribution in [0.15, 0.2) is 0 Å². The number of hydrogen-bond acceptors (Lipinski definition) is 0. The Labute approximate surface area is 174 Å². The lowest BCUT2D eigenvalue weighted by Crippen LogP contribution is -2.03. The Morgan fingerprint density at radius 1 is 0.481 bits per heavy atom. The predicted molar refractivity (Wildman–Crippen MR) is 126 cm³/mol. The minimum absolute atomic E-state index is 0.875. The normalized spacial score (nSPS) is 13.0. The van der Waals surface area contributed by atoms with Crippen LogP contribution in [0, 0.1) is 17.8 Å². The summed E-state index contributed by atoms with van der Waals surface area (Å²) in [6.07, 6.45) is 27.3. The molecule has 0 fully saturated rings. The molecule has 0 aliphatic heterocycles. The van der Waals surface area contributed by atoms with Gasteiger partial charge in [0.05, 0.1) is 0 Å². The summed E-state index contributed by atoms with van der Waals surface area (Å²) in [5.41, 5.74) is 0. The van der Waals surface area contributed by atoms with Crippen molar-refractivity contribution in [1.29, 1.82) is 0 Å². The molecule has 0 amide bonds. The fourth-order valence-corrected chi connectivity index (χ4v) is 4.16. The van der Waals surface area contributed by atoms with Crippen LogP contribution in [0.1, 0.15) is 157 Å². The Morgan fingerprint density at radius 3 is 1.44 bits per heavy atom. The zero-order valence-corrected chi connectivity index (χ0v) is 20.1. The molecule has 0 heteroatoms. The van der Waals surface area contributed by atoms with Crippen molar-refractivity contribution in [3.63, 3.8) is 0 Å². The minimum Gasteiger partial charge on any atom is -0.0654 e. The van der Waals surface area contributed by atoms with Crippen LogP contribution in [0.3, 0.4) is 0 Å². The third-order valence-electron chi connectivity index (χ3n) is 6.24. The Morgan fingerprint density at radius 2 is 0.963 bits per heavy atom. The molecule has 0 spiro atoms. The molecule has 0 heterocycles. The van der Waals surface area contributed by atoms with Crippen molar-refractivity contribution >= 4 is 0 Å². The van der Waals surface area contributed by atoms with Crippen molar-refractivity contribution in [2.24, 2.45) is 11.8 Å². The molecule has 0 rings (SSSR count). The fourth-order valence-electron chi connectivity index (χ4n) is 4.16. The van der Waals surface area contributed by atoms with Gasteiger partial charge in [0, 0.05) is 0 Å². The maximum atomic E-state index is 2.49. The standard InChI is InChI=1S/C27H55/c1-6-8-10-12-14-16-21-27(22-17-15-13-11-9-7-2)24-23-26(5)20-18-19-25(3)4/h25-26H,6-24H2,1-5H3. The summed E-state index contributed by atoms with van der Waals surface area (Å²) in [6.45, 7) is 11.8. The van der Waals surface area contributed by atoms with Gasteiger partial charge in [0.2, 0.25) is 0 Å². The summed E-state index contributed by atoms with van der Waals surface area (Å²) in [5, 5.41) is 0. The first-order valence-corrected chi connectivity index (χ1v) is 12.9. The summed E-state index contributed by atoms with van der Waals surface area (Å²) >= 11 is 0. The third kappa shape index (κ3) is 20.5. The Kier molecular flexibility index (Phi) is 20.7. The van der Waals surface area contributed by atoms with Crippen molar-refractivity contribution in [3.8, 4) is 0 Å². The summed E-state index contributed by atoms with van der Waals surface area (Å²) in [5.74, 6) is 3.71. The molecule has 0 nitrogen and oxygen atoms in total. The highest BCUT2D eigenvalue weighted by molar-refractivity contribution is 4.89. The van der Waals surface area contributed by atoms with Crippen LogP contribution < -0.4 is 0 Å². The van der Waals surface area contributed by atoms with Gasteiger partial charge >= 0.3 is 0 Å². The van der Waals surface area contributed by atoms with E-state index in [1.807, 2.05) is 5.92 Å². The van der Waals surface area contributed by atoms with E-state index in [4.69, 9.17) is 0 Å². The van der Waals surface area contributed by atoms with Gasteiger partial charge < -0.3 is 0 Å². The molecule has 0 aliphatic carbocycles. The lowest BCUT2D eigenvalue weighted by molar-refractivity contribution is 0.417. The van der Waals surface area contributed by atoms with Crippen LogP contribution in [-0.4, -0.2) is 0 Å². The lowest BCUT2D eigenvalue weighted by atomic mass is 9.86. The first-order valence-electron chi connectivity index (χ1n) is 12.9. The monoisotopic (exact) mass is 379 g/mol. The van der Waals surface area contributed by atoms with E-state index in [-0.39, 0.29) is 0 Å². The second-order valence-corrected chi connectivity index (χ2v) is 9.75. The number of rotatable bonds is 21. The van der Waals surface area contributed by atoms with Crippen LogP contribution in [0.2, 0.25) is 0 Å². The Bertz CT molecular complexity index is 251. The molecule has 0 bridgehead atoms. The average molecular weight is 380 g/mol. The van der Waals surface area contributed by atoms with Crippen molar-refractivity contribution < 1.29 is 0 Å². The van der Waals surface area contributed by atoms with E-state index >= 15 is 0 Å². The van der Waals surface area contributed by atoms with Gasteiger partial charge in [-0.15, -0.1) is 0 Å². The summed E-state index contributed by atoms with van der Waals surface area (Å²) in [6, 6.07) is 0. The smallest absolute Gasteiger partial charge is 0.0241 e. The molecule has 1 radical (unpaired) electrons. The van der Waals surface area contributed by atoms with Crippen LogP contribution in [0.4, 0.5) is 0 Å². The highest BCUT2D eigenvalue weighted by Crippen LogP contribution is 2.28. The van der Waals surface area contributed by atoms with Gasteiger partial charge in [-0.05, 0) is 37.0 Å². The van der Waals surface area contributed by atoms with Gasteiger partial charge in [0.25, 0.3) is 0 Å². The van der Waals surface area contributed by atoms with Crippen molar-refractivity contribution in [3.05, 3.63) is 5.92 Å². The molecule has 0 aromatic heterocycles. The molecular weight excluding hydrogens is 324 g/mol. The zero-order chi connectivity index (χ0) is 20.2. The van der Waals surface area contributed by atoms with Gasteiger partial charge in [-0.1, -0.05) is 137 Å². The van der Waals surface area contributed by atoms with E-state index in [1.165, 1.54) is 122 Å². The van der Waals surface area contributed by atoms with Crippen molar-refractivity contribution in [2.75, 3.05) is 0 Å². The topological polar surface area (TPSA) is 0 Å². The highest BCUT2D eigenvalue weighted by Gasteiger charge is 2.12. The van der Waals surface area contributed by atoms with Gasteiger partial charge in [0.15, 0.2) is 0 Å². The fraction of sp³-hybridized carbons (Fsp3) is 0.963. The molecular formula is C27H55. The molecule has 163 valence electrons. The van der Waals surface area contributed by atoms with Crippen molar-refractivity contribution in [2.45, 2.75) is 157 Å². The van der Waals surface area contributed by atoms with Gasteiger partial charge in [-0.2, -0.15) is 0 Å². The maximum Gasteiger partial charge on any atom is -0.0241 e. The number of hydrogen-bond donors (Lipinski definition) is 0. The first kappa shape index (κ1) is 27.0. The molecule has 0 aliphatic rings. The van der Waals surface area contributed by atoms with E-state index in [9.17, 15) is 0 Å². The molecule has 1 unspecified atom stereocenters. The highest BCUT2D eigenvalue weighted by atomic mass is 14.2. The third-order valence-corrected chi connectivity index (χ3v) is 6.24. The largest absolute Gasteiger partial charge is 0.0654 e. The molecule has 0 saturated carbocycles. The second kappa shape index (κ2) is 20.7.